The molecule has 0 aliphatic carbocycles. The molecule has 2 aliphatic rings. The van der Waals surface area contributed by atoms with Crippen LogP contribution in [0.1, 0.15) is 70.9 Å². The Bertz CT molecular complexity index is 1460. The maximum absolute atomic E-state index is 14.4. The summed E-state index contributed by atoms with van der Waals surface area (Å²) in [5.74, 6) is -0.988. The molecule has 4 N–H and O–H groups in total. The summed E-state index contributed by atoms with van der Waals surface area (Å²) in [5, 5.41) is 20.4. The molecule has 0 unspecified atom stereocenters. The molecule has 11 heteroatoms. The smallest absolute Gasteiger partial charge is 0.249 e. The molecule has 47 heavy (non-hydrogen) atoms. The lowest BCUT2D eigenvalue weighted by Crippen LogP contribution is -2.61. The first kappa shape index (κ1) is 36.6. The number of hydrogen-bond acceptors (Lipinski definition) is 7. The second-order valence-corrected chi connectivity index (χ2v) is 15.7. The van der Waals surface area contributed by atoms with E-state index in [2.05, 4.69) is 16.0 Å². The second-order valence-electron chi connectivity index (χ2n) is 13.3. The molecule has 0 aromatic heterocycles. The van der Waals surface area contributed by atoms with E-state index in [4.69, 9.17) is 0 Å². The highest BCUT2D eigenvalue weighted by molar-refractivity contribution is 7.92. The van der Waals surface area contributed by atoms with Crippen LogP contribution >= 0.6 is 0 Å². The quantitative estimate of drug-likeness (QED) is 0.215. The zero-order chi connectivity index (χ0) is 34.2. The zero-order valence-electron chi connectivity index (χ0n) is 28.2. The van der Waals surface area contributed by atoms with Crippen LogP contribution < -0.4 is 16.0 Å². The van der Waals surface area contributed by atoms with Gasteiger partial charge in [-0.2, -0.15) is 0 Å². The molecule has 10 nitrogen and oxygen atoms in total. The molecule has 3 amide bonds. The number of benzene rings is 2. The predicted molar refractivity (Wildman–Crippen MR) is 183 cm³/mol. The van der Waals surface area contributed by atoms with Crippen molar-refractivity contribution < 1.29 is 27.9 Å². The summed E-state index contributed by atoms with van der Waals surface area (Å²) in [6.07, 6.45) is 1.99. The first-order valence-corrected chi connectivity index (χ1v) is 18.7. The number of carbonyl (C=O) groups is 3. The van der Waals surface area contributed by atoms with Gasteiger partial charge in [-0.3, -0.25) is 14.4 Å². The van der Waals surface area contributed by atoms with Gasteiger partial charge in [0.15, 0.2) is 9.84 Å². The molecule has 2 heterocycles. The van der Waals surface area contributed by atoms with Crippen LogP contribution in [-0.4, -0.2) is 90.0 Å². The number of nitrogens with zero attached hydrogens (tertiary/aromatic N) is 1. The van der Waals surface area contributed by atoms with Gasteiger partial charge >= 0.3 is 0 Å². The maximum Gasteiger partial charge on any atom is 0.249 e. The van der Waals surface area contributed by atoms with Gasteiger partial charge in [0, 0.05) is 26.1 Å². The molecule has 0 saturated carbocycles. The summed E-state index contributed by atoms with van der Waals surface area (Å²) in [7, 11) is -3.31. The van der Waals surface area contributed by atoms with E-state index in [1.807, 2.05) is 81.4 Å². The molecule has 0 bridgehead atoms. The Morgan fingerprint density at radius 2 is 1.70 bits per heavy atom. The summed E-state index contributed by atoms with van der Waals surface area (Å²) in [6, 6.07) is 17.2. The van der Waals surface area contributed by atoms with Gasteiger partial charge in [-0.05, 0) is 55.6 Å². The Morgan fingerprint density at radius 3 is 2.30 bits per heavy atom. The van der Waals surface area contributed by atoms with Crippen LogP contribution in [-0.2, 0) is 37.1 Å². The molecule has 2 aliphatic heterocycles. The van der Waals surface area contributed by atoms with E-state index >= 15 is 0 Å². The largest absolute Gasteiger partial charge is 0.389 e. The van der Waals surface area contributed by atoms with Gasteiger partial charge in [0.1, 0.15) is 11.6 Å². The van der Waals surface area contributed by atoms with Crippen molar-refractivity contribution in [2.75, 3.05) is 18.8 Å². The Hall–Kier alpha value is -3.28. The van der Waals surface area contributed by atoms with E-state index in [1.165, 1.54) is 6.92 Å². The number of aliphatic hydroxyl groups is 1. The minimum absolute atomic E-state index is 0.0932. The van der Waals surface area contributed by atoms with E-state index in [-0.39, 0.29) is 42.4 Å². The molecule has 0 radical (unpaired) electrons. The number of nitrogens with one attached hydrogen (secondary N) is 3. The molecule has 2 fully saturated rings. The van der Waals surface area contributed by atoms with Gasteiger partial charge in [-0.15, -0.1) is 0 Å². The maximum atomic E-state index is 14.4. The number of likely N-dealkylation sites (tertiary alicyclic amines) is 1. The fourth-order valence-corrected chi connectivity index (χ4v) is 8.95. The van der Waals surface area contributed by atoms with Crippen molar-refractivity contribution in [1.29, 1.82) is 0 Å². The van der Waals surface area contributed by atoms with Crippen LogP contribution in [0.2, 0.25) is 0 Å². The first-order valence-electron chi connectivity index (χ1n) is 17.0. The Morgan fingerprint density at radius 1 is 1.06 bits per heavy atom. The number of aliphatic hydroxyl groups excluding tert-OH is 1. The van der Waals surface area contributed by atoms with Crippen LogP contribution in [0, 0.1) is 5.92 Å². The molecule has 4 rings (SSSR count). The van der Waals surface area contributed by atoms with E-state index in [9.17, 15) is 27.9 Å². The normalized spacial score (nSPS) is 24.0. The fraction of sp³-hybridized carbons (Fsp3) is 0.583. The monoisotopic (exact) mass is 668 g/mol. The van der Waals surface area contributed by atoms with Crippen molar-refractivity contribution in [3.63, 3.8) is 0 Å². The SMILES string of the molecule is CCCS(=O)(=O)[C@H]1CN[C@@H]([C@H](O)[C@H](Cc2ccccc2)NC(=O)[C@H](CCc2ccccc2)N2CC[C@](NC(C)=O)([C@H](C)CC)C2=O)C1. The van der Waals surface area contributed by atoms with Gasteiger partial charge in [-0.25, -0.2) is 8.42 Å². The topological polar surface area (TPSA) is 145 Å². The molecule has 7 atom stereocenters. The highest BCUT2D eigenvalue weighted by Crippen LogP contribution is 2.34. The molecule has 2 aromatic rings. The molecular weight excluding hydrogens is 616 g/mol. The minimum Gasteiger partial charge on any atom is -0.389 e. The highest BCUT2D eigenvalue weighted by atomic mass is 32.2. The van der Waals surface area contributed by atoms with Crippen molar-refractivity contribution in [2.45, 2.75) is 108 Å². The molecule has 0 spiro atoms. The minimum atomic E-state index is -3.31. The van der Waals surface area contributed by atoms with E-state index < -0.39 is 44.9 Å². The first-order chi connectivity index (χ1) is 22.4. The van der Waals surface area contributed by atoms with Gasteiger partial charge in [0.05, 0.1) is 23.1 Å². The number of aryl methyl sites for hydroxylation is 1. The number of carbonyl (C=O) groups excluding carboxylic acids is 3. The zero-order valence-corrected chi connectivity index (χ0v) is 29.0. The summed E-state index contributed by atoms with van der Waals surface area (Å²) in [4.78, 5) is 42.5. The van der Waals surface area contributed by atoms with Crippen LogP contribution in [0.15, 0.2) is 60.7 Å². The molecule has 258 valence electrons. The number of sulfone groups is 1. The van der Waals surface area contributed by atoms with Crippen molar-refractivity contribution in [3.05, 3.63) is 71.8 Å². The van der Waals surface area contributed by atoms with Gasteiger partial charge in [0.2, 0.25) is 17.7 Å². The lowest BCUT2D eigenvalue weighted by atomic mass is 9.81. The lowest BCUT2D eigenvalue weighted by Gasteiger charge is -2.36. The summed E-state index contributed by atoms with van der Waals surface area (Å²) in [5.41, 5.74) is 0.841. The predicted octanol–water partition coefficient (Wildman–Crippen LogP) is 2.78. The summed E-state index contributed by atoms with van der Waals surface area (Å²) in [6.45, 7) is 7.73. The highest BCUT2D eigenvalue weighted by Gasteiger charge is 2.53. The molecular formula is C36H52N4O6S. The van der Waals surface area contributed by atoms with Crippen LogP contribution in [0.25, 0.3) is 0 Å². The lowest BCUT2D eigenvalue weighted by molar-refractivity contribution is -0.144. The third-order valence-corrected chi connectivity index (χ3v) is 12.4. The van der Waals surface area contributed by atoms with Gasteiger partial charge < -0.3 is 26.0 Å². The van der Waals surface area contributed by atoms with E-state index in [0.29, 0.717) is 45.1 Å². The fourth-order valence-electron chi connectivity index (χ4n) is 7.20. The van der Waals surface area contributed by atoms with E-state index in [1.54, 1.807) is 4.90 Å². The van der Waals surface area contributed by atoms with Crippen LogP contribution in [0.5, 0.6) is 0 Å². The van der Waals surface area contributed by atoms with Crippen LogP contribution in [0.4, 0.5) is 0 Å². The second kappa shape index (κ2) is 16.2. The van der Waals surface area contributed by atoms with Gasteiger partial charge in [0.25, 0.3) is 0 Å². The van der Waals surface area contributed by atoms with Crippen molar-refractivity contribution in [2.24, 2.45) is 5.92 Å². The van der Waals surface area contributed by atoms with Crippen molar-refractivity contribution >= 4 is 27.6 Å². The van der Waals surface area contributed by atoms with Gasteiger partial charge in [-0.1, -0.05) is 87.9 Å². The van der Waals surface area contributed by atoms with E-state index in [0.717, 1.165) is 11.1 Å². The van der Waals surface area contributed by atoms with Crippen molar-refractivity contribution in [3.8, 4) is 0 Å². The Labute approximate surface area is 280 Å². The third-order valence-electron chi connectivity index (χ3n) is 10.0. The Kier molecular flexibility index (Phi) is 12.6. The average molecular weight is 669 g/mol. The number of rotatable bonds is 16. The standard InChI is InChI=1S/C36H52N4O6S/c1-5-21-47(45,46)29-23-30(37-24-29)33(42)31(22-28-15-11-8-12-16-28)38-34(43)32(18-17-27-13-9-7-10-14-27)40-20-19-36(35(40)44,25(3)6-2)39-26(4)41/h7-16,25,29-33,37,42H,5-6,17-24H2,1-4H3,(H,38,43)(H,39,41)/t25-,29-,30-,31+,32+,33+,36+/m1/s1. The molecule has 2 saturated heterocycles. The van der Waals surface area contributed by atoms with Crippen molar-refractivity contribution in [1.82, 2.24) is 20.9 Å². The average Bonchev–Trinajstić information content (AvgIpc) is 3.68. The van der Waals surface area contributed by atoms with Crippen LogP contribution in [0.3, 0.4) is 0 Å². The number of hydrogen-bond donors (Lipinski definition) is 4. The number of amides is 3. The summed E-state index contributed by atoms with van der Waals surface area (Å²) >= 11 is 0. The third kappa shape index (κ3) is 8.80. The molecule has 2 aromatic carbocycles. The summed E-state index contributed by atoms with van der Waals surface area (Å²) < 4.78 is 25.7. The Balaban J connectivity index is 1.62.